The summed E-state index contributed by atoms with van der Waals surface area (Å²) in [6.07, 6.45) is 2.28. The number of hydrogen-bond acceptors (Lipinski definition) is 2. The number of benzene rings is 1. The Labute approximate surface area is 107 Å². The summed E-state index contributed by atoms with van der Waals surface area (Å²) in [6, 6.07) is 6.21. The fourth-order valence-electron chi connectivity index (χ4n) is 2.00. The van der Waals surface area contributed by atoms with Gasteiger partial charge in [0.2, 0.25) is 5.91 Å². The molecular formula is C14H19N3O. The van der Waals surface area contributed by atoms with Crippen molar-refractivity contribution < 1.29 is 4.79 Å². The lowest BCUT2D eigenvalue weighted by molar-refractivity contribution is -0.120. The Morgan fingerprint density at radius 2 is 2.28 bits per heavy atom. The number of aromatic amines is 1. The van der Waals surface area contributed by atoms with Crippen molar-refractivity contribution in [1.29, 1.82) is 0 Å². The molecule has 4 N–H and O–H groups in total. The van der Waals surface area contributed by atoms with E-state index in [4.69, 9.17) is 5.73 Å². The number of nitrogens with two attached hydrogens (primary N) is 1. The number of carbonyl (C=O) groups is 1. The van der Waals surface area contributed by atoms with Crippen LogP contribution in [0, 0.1) is 6.92 Å². The van der Waals surface area contributed by atoms with Crippen LogP contribution in [0.3, 0.4) is 0 Å². The summed E-state index contributed by atoms with van der Waals surface area (Å²) in [5, 5.41) is 3.99. The van der Waals surface area contributed by atoms with Crippen molar-refractivity contribution in [3.63, 3.8) is 0 Å². The van der Waals surface area contributed by atoms with Crippen molar-refractivity contribution >= 4 is 16.8 Å². The first-order valence-corrected chi connectivity index (χ1v) is 6.16. The molecule has 2 rings (SSSR count). The predicted octanol–water partition coefficient (Wildman–Crippen LogP) is 1.48. The summed E-state index contributed by atoms with van der Waals surface area (Å²) in [5.41, 5.74) is 8.77. The third kappa shape index (κ3) is 2.71. The van der Waals surface area contributed by atoms with Crippen LogP contribution in [0.25, 0.3) is 10.9 Å². The maximum absolute atomic E-state index is 11.8. The maximum atomic E-state index is 11.8. The molecule has 0 radical (unpaired) electrons. The number of aryl methyl sites for hydroxylation is 1. The minimum atomic E-state index is 0.00959. The van der Waals surface area contributed by atoms with Gasteiger partial charge >= 0.3 is 0 Å². The average Bonchev–Trinajstić information content (AvgIpc) is 2.71. The summed E-state index contributed by atoms with van der Waals surface area (Å²) in [7, 11) is 0. The molecule has 1 unspecified atom stereocenters. The van der Waals surface area contributed by atoms with E-state index in [9.17, 15) is 4.79 Å². The summed E-state index contributed by atoms with van der Waals surface area (Å²) < 4.78 is 0. The highest BCUT2D eigenvalue weighted by Gasteiger charge is 2.10. The summed E-state index contributed by atoms with van der Waals surface area (Å²) in [5.74, 6) is 0.00959. The highest BCUT2D eigenvalue weighted by molar-refractivity contribution is 5.89. The van der Waals surface area contributed by atoms with Gasteiger partial charge in [-0.1, -0.05) is 11.6 Å². The van der Waals surface area contributed by atoms with Gasteiger partial charge < -0.3 is 16.0 Å². The van der Waals surface area contributed by atoms with Crippen molar-refractivity contribution in [1.82, 2.24) is 10.3 Å². The molecule has 96 valence electrons. The van der Waals surface area contributed by atoms with E-state index in [2.05, 4.69) is 22.4 Å². The van der Waals surface area contributed by atoms with Crippen LogP contribution in [-0.4, -0.2) is 23.5 Å². The molecule has 0 fully saturated rings. The minimum Gasteiger partial charge on any atom is -0.361 e. The molecule has 0 aliphatic rings. The Morgan fingerprint density at radius 3 is 3.00 bits per heavy atom. The van der Waals surface area contributed by atoms with Gasteiger partial charge in [0.05, 0.1) is 6.42 Å². The third-order valence-corrected chi connectivity index (χ3v) is 3.03. The molecule has 1 amide bonds. The first-order valence-electron chi connectivity index (χ1n) is 6.16. The smallest absolute Gasteiger partial charge is 0.224 e. The Hall–Kier alpha value is -1.81. The van der Waals surface area contributed by atoms with E-state index in [1.807, 2.05) is 26.1 Å². The normalized spacial score (nSPS) is 12.6. The standard InChI is InChI=1S/C14H19N3O/c1-9-3-4-13-12(5-9)11(8-16-13)6-14(18)17-10(2)7-15/h3-5,8,10,16H,6-7,15H2,1-2H3,(H,17,18). The molecule has 2 aromatic rings. The van der Waals surface area contributed by atoms with Gasteiger partial charge in [-0.2, -0.15) is 0 Å². The van der Waals surface area contributed by atoms with Crippen molar-refractivity contribution in [2.75, 3.05) is 6.54 Å². The van der Waals surface area contributed by atoms with Crippen LogP contribution in [0.15, 0.2) is 24.4 Å². The lowest BCUT2D eigenvalue weighted by Crippen LogP contribution is -2.38. The van der Waals surface area contributed by atoms with Gasteiger partial charge in [-0.3, -0.25) is 4.79 Å². The van der Waals surface area contributed by atoms with Gasteiger partial charge in [0.15, 0.2) is 0 Å². The number of fused-ring (bicyclic) bond motifs is 1. The molecule has 18 heavy (non-hydrogen) atoms. The summed E-state index contributed by atoms with van der Waals surface area (Å²) >= 11 is 0. The van der Waals surface area contributed by atoms with Crippen LogP contribution in [0.5, 0.6) is 0 Å². The SMILES string of the molecule is Cc1ccc2[nH]cc(CC(=O)NC(C)CN)c2c1. The van der Waals surface area contributed by atoms with Gasteiger partial charge in [-0.25, -0.2) is 0 Å². The lowest BCUT2D eigenvalue weighted by atomic mass is 10.1. The lowest BCUT2D eigenvalue weighted by Gasteiger charge is -2.10. The summed E-state index contributed by atoms with van der Waals surface area (Å²) in [4.78, 5) is 15.0. The quantitative estimate of drug-likeness (QED) is 0.763. The highest BCUT2D eigenvalue weighted by atomic mass is 16.1. The second-order valence-corrected chi connectivity index (χ2v) is 4.74. The predicted molar refractivity (Wildman–Crippen MR) is 73.4 cm³/mol. The highest BCUT2D eigenvalue weighted by Crippen LogP contribution is 2.20. The van der Waals surface area contributed by atoms with Crippen LogP contribution in [0.4, 0.5) is 0 Å². The molecule has 0 saturated heterocycles. The number of carbonyl (C=O) groups excluding carboxylic acids is 1. The van der Waals surface area contributed by atoms with E-state index in [-0.39, 0.29) is 11.9 Å². The second kappa shape index (κ2) is 5.23. The first-order chi connectivity index (χ1) is 8.60. The van der Waals surface area contributed by atoms with Crippen LogP contribution >= 0.6 is 0 Å². The zero-order valence-electron chi connectivity index (χ0n) is 10.8. The molecule has 0 spiro atoms. The Balaban J connectivity index is 2.16. The first kappa shape index (κ1) is 12.6. The molecule has 1 aromatic carbocycles. The second-order valence-electron chi connectivity index (χ2n) is 4.74. The van der Waals surface area contributed by atoms with Gasteiger partial charge in [0.25, 0.3) is 0 Å². The minimum absolute atomic E-state index is 0.00959. The van der Waals surface area contributed by atoms with Crippen LogP contribution in [-0.2, 0) is 11.2 Å². The molecule has 0 aliphatic heterocycles. The molecule has 4 nitrogen and oxygen atoms in total. The molecule has 0 aliphatic carbocycles. The van der Waals surface area contributed by atoms with E-state index in [0.29, 0.717) is 13.0 Å². The molecule has 1 atom stereocenters. The van der Waals surface area contributed by atoms with Gasteiger partial charge in [-0.15, -0.1) is 0 Å². The van der Waals surface area contributed by atoms with E-state index in [1.54, 1.807) is 0 Å². The van der Waals surface area contributed by atoms with Crippen LogP contribution in [0.1, 0.15) is 18.1 Å². The molecule has 0 bridgehead atoms. The van der Waals surface area contributed by atoms with Gasteiger partial charge in [-0.05, 0) is 31.5 Å². The molecular weight excluding hydrogens is 226 g/mol. The van der Waals surface area contributed by atoms with Crippen molar-refractivity contribution in [3.05, 3.63) is 35.5 Å². The fraction of sp³-hybridized carbons (Fsp3) is 0.357. The Kier molecular flexibility index (Phi) is 3.67. The number of H-pyrrole nitrogens is 1. The van der Waals surface area contributed by atoms with Crippen molar-refractivity contribution in [2.45, 2.75) is 26.3 Å². The van der Waals surface area contributed by atoms with E-state index < -0.39 is 0 Å². The average molecular weight is 245 g/mol. The number of aromatic nitrogens is 1. The Bertz CT molecular complexity index is 559. The molecule has 1 aromatic heterocycles. The largest absolute Gasteiger partial charge is 0.361 e. The monoisotopic (exact) mass is 245 g/mol. The number of amides is 1. The molecule has 1 heterocycles. The van der Waals surface area contributed by atoms with E-state index >= 15 is 0 Å². The van der Waals surface area contributed by atoms with Gasteiger partial charge in [0.1, 0.15) is 0 Å². The van der Waals surface area contributed by atoms with Crippen molar-refractivity contribution in [3.8, 4) is 0 Å². The summed E-state index contributed by atoms with van der Waals surface area (Å²) in [6.45, 7) is 4.41. The maximum Gasteiger partial charge on any atom is 0.224 e. The fourth-order valence-corrected chi connectivity index (χ4v) is 2.00. The zero-order valence-corrected chi connectivity index (χ0v) is 10.8. The van der Waals surface area contributed by atoms with Crippen molar-refractivity contribution in [2.24, 2.45) is 5.73 Å². The zero-order chi connectivity index (χ0) is 13.1. The van der Waals surface area contributed by atoms with Crippen LogP contribution < -0.4 is 11.1 Å². The van der Waals surface area contributed by atoms with Gasteiger partial charge in [0, 0.05) is 29.7 Å². The van der Waals surface area contributed by atoms with E-state index in [1.165, 1.54) is 5.56 Å². The molecule has 4 heteroatoms. The van der Waals surface area contributed by atoms with Crippen LogP contribution in [0.2, 0.25) is 0 Å². The number of hydrogen-bond donors (Lipinski definition) is 3. The van der Waals surface area contributed by atoms with E-state index in [0.717, 1.165) is 16.5 Å². The third-order valence-electron chi connectivity index (χ3n) is 3.03. The number of nitrogens with one attached hydrogen (secondary N) is 2. The topological polar surface area (TPSA) is 70.9 Å². The molecule has 0 saturated carbocycles. The Morgan fingerprint density at radius 1 is 1.50 bits per heavy atom. The number of rotatable bonds is 4.